The van der Waals surface area contributed by atoms with E-state index in [9.17, 15) is 0 Å². The summed E-state index contributed by atoms with van der Waals surface area (Å²) in [5, 5.41) is 0. The molecular formula is C4H8Cl8Si4. The number of hydrogen-bond donors (Lipinski definition) is 0. The molecule has 0 aromatic heterocycles. The first kappa shape index (κ1) is 17.2. The van der Waals surface area contributed by atoms with Gasteiger partial charge < -0.3 is 0 Å². The third-order valence-electron chi connectivity index (χ3n) is 2.07. The van der Waals surface area contributed by atoms with Crippen molar-refractivity contribution in [3.05, 3.63) is 0 Å². The van der Waals surface area contributed by atoms with Crippen LogP contribution >= 0.6 is 88.6 Å². The summed E-state index contributed by atoms with van der Waals surface area (Å²) in [7, 11) is 0. The summed E-state index contributed by atoms with van der Waals surface area (Å²) < 4.78 is 0. The van der Waals surface area contributed by atoms with E-state index in [1.807, 2.05) is 0 Å². The highest BCUT2D eigenvalue weighted by molar-refractivity contribution is 7.67. The van der Waals surface area contributed by atoms with Crippen molar-refractivity contribution in [1.82, 2.24) is 0 Å². The fourth-order valence-corrected chi connectivity index (χ4v) is 63.1. The highest BCUT2D eigenvalue weighted by Gasteiger charge is 2.56. The van der Waals surface area contributed by atoms with Gasteiger partial charge in [-0.1, -0.05) is 0 Å². The van der Waals surface area contributed by atoms with Crippen LogP contribution in [-0.4, -0.2) is 26.8 Å². The second-order valence-corrected chi connectivity index (χ2v) is 36.3. The monoisotopic (exact) mass is 448 g/mol. The van der Waals surface area contributed by atoms with Gasteiger partial charge in [0.25, 0.3) is 26.8 Å². The molecule has 1 fully saturated rings. The Labute approximate surface area is 136 Å². The van der Waals surface area contributed by atoms with Crippen LogP contribution in [0.1, 0.15) is 0 Å². The molecule has 16 heavy (non-hydrogen) atoms. The molecule has 0 saturated carbocycles. The van der Waals surface area contributed by atoms with Crippen LogP contribution in [0.3, 0.4) is 0 Å². The van der Waals surface area contributed by atoms with E-state index in [-0.39, 0.29) is 0 Å². The zero-order valence-electron chi connectivity index (χ0n) is 7.85. The van der Waals surface area contributed by atoms with E-state index >= 15 is 0 Å². The number of halogens is 8. The van der Waals surface area contributed by atoms with E-state index < -0.39 is 26.8 Å². The van der Waals surface area contributed by atoms with Crippen molar-refractivity contribution in [3.8, 4) is 0 Å². The zero-order chi connectivity index (χ0) is 12.8. The zero-order valence-corrected chi connectivity index (χ0v) is 17.9. The second kappa shape index (κ2) is 5.52. The molecule has 0 N–H and O–H groups in total. The first-order valence-electron chi connectivity index (χ1n) is 4.34. The van der Waals surface area contributed by atoms with Crippen LogP contribution in [0.4, 0.5) is 0 Å². The smallest absolute Gasteiger partial charge is 0.146 e. The highest BCUT2D eigenvalue weighted by atomic mass is 35.7. The normalized spacial score (nSPS) is 31.5. The van der Waals surface area contributed by atoms with E-state index in [0.717, 1.165) is 0 Å². The highest BCUT2D eigenvalue weighted by Crippen LogP contribution is 2.50. The SMILES string of the molecule is Cl[Si]1(Cl)C[Si](Cl)(Cl)C[Si](Cl)(Cl)C[Si](Cl)(Cl)C1. The molecular weight excluding hydrogens is 444 g/mol. The summed E-state index contributed by atoms with van der Waals surface area (Å²) in [5.74, 6) is 0. The lowest BCUT2D eigenvalue weighted by molar-refractivity contribution is 1.61. The molecule has 0 nitrogen and oxygen atoms in total. The maximum absolute atomic E-state index is 6.28. The predicted molar refractivity (Wildman–Crippen MR) is 89.1 cm³/mol. The van der Waals surface area contributed by atoms with E-state index in [1.165, 1.54) is 0 Å². The molecule has 12 heteroatoms. The Bertz CT molecular complexity index is 205. The molecule has 1 rings (SSSR count). The van der Waals surface area contributed by atoms with Crippen LogP contribution < -0.4 is 0 Å². The molecule has 0 atom stereocenters. The van der Waals surface area contributed by atoms with Crippen molar-refractivity contribution in [2.24, 2.45) is 0 Å². The van der Waals surface area contributed by atoms with Gasteiger partial charge in [-0.05, 0) is 22.7 Å². The number of hydrogen-bond acceptors (Lipinski definition) is 0. The van der Waals surface area contributed by atoms with Crippen molar-refractivity contribution in [2.75, 3.05) is 0 Å². The molecule has 0 aliphatic carbocycles. The quantitative estimate of drug-likeness (QED) is 0.321. The van der Waals surface area contributed by atoms with Crippen LogP contribution in [0.2, 0.25) is 22.7 Å². The molecule has 0 aromatic rings. The first-order chi connectivity index (χ1) is 6.83. The van der Waals surface area contributed by atoms with Crippen molar-refractivity contribution in [3.63, 3.8) is 0 Å². The average molecular weight is 452 g/mol. The van der Waals surface area contributed by atoms with Crippen molar-refractivity contribution >= 4 is 115 Å². The fraction of sp³-hybridized carbons (Fsp3) is 1.00. The lowest BCUT2D eigenvalue weighted by atomic mass is 11.8. The summed E-state index contributed by atoms with van der Waals surface area (Å²) in [6.45, 7) is -10.2. The van der Waals surface area contributed by atoms with E-state index in [0.29, 0.717) is 22.7 Å². The Morgan fingerprint density at radius 2 is 0.500 bits per heavy atom. The minimum atomic E-state index is -2.56. The average Bonchev–Trinajstić information content (AvgIpc) is 1.67. The van der Waals surface area contributed by atoms with Gasteiger partial charge in [-0.25, -0.2) is 0 Å². The van der Waals surface area contributed by atoms with Gasteiger partial charge in [0.1, 0.15) is 0 Å². The van der Waals surface area contributed by atoms with E-state index in [1.54, 1.807) is 0 Å². The van der Waals surface area contributed by atoms with Gasteiger partial charge in [0, 0.05) is 0 Å². The van der Waals surface area contributed by atoms with Gasteiger partial charge in [0.2, 0.25) is 0 Å². The lowest BCUT2D eigenvalue weighted by Gasteiger charge is -2.35. The molecule has 0 unspecified atom stereocenters. The molecule has 0 aromatic carbocycles. The third-order valence-corrected chi connectivity index (χ3v) is 37.9. The molecule has 1 aliphatic rings. The van der Waals surface area contributed by atoms with E-state index in [2.05, 4.69) is 0 Å². The van der Waals surface area contributed by atoms with Gasteiger partial charge >= 0.3 is 0 Å². The van der Waals surface area contributed by atoms with Gasteiger partial charge in [-0.3, -0.25) is 0 Å². The Hall–Kier alpha value is 3.19. The van der Waals surface area contributed by atoms with Gasteiger partial charge in [-0.15, -0.1) is 88.6 Å². The molecule has 0 radical (unpaired) electrons. The Kier molecular flexibility index (Phi) is 5.95. The standard InChI is InChI=1S/C4H8Cl8Si4/c5-13(6)1-14(7,8)3-16(11,12)4-15(9,10)2-13/h1-4H2. The summed E-state index contributed by atoms with van der Waals surface area (Å²) >= 11 is 50.2. The topological polar surface area (TPSA) is 0 Å². The summed E-state index contributed by atoms with van der Waals surface area (Å²) in [6, 6.07) is 0. The van der Waals surface area contributed by atoms with E-state index in [4.69, 9.17) is 88.6 Å². The fourth-order valence-electron chi connectivity index (χ4n) is 1.76. The Morgan fingerprint density at radius 1 is 0.375 bits per heavy atom. The second-order valence-electron chi connectivity index (χ2n) is 4.13. The minimum Gasteiger partial charge on any atom is -0.146 e. The Balaban J connectivity index is 2.98. The van der Waals surface area contributed by atoms with Gasteiger partial charge in [0.05, 0.1) is 0 Å². The minimum absolute atomic E-state index is 0.425. The summed E-state index contributed by atoms with van der Waals surface area (Å²) in [5.41, 5.74) is 1.70. The van der Waals surface area contributed by atoms with Crippen LogP contribution in [0.5, 0.6) is 0 Å². The van der Waals surface area contributed by atoms with Crippen molar-refractivity contribution in [1.29, 1.82) is 0 Å². The molecule has 0 spiro atoms. The van der Waals surface area contributed by atoms with Crippen LogP contribution in [0.15, 0.2) is 0 Å². The molecule has 1 heterocycles. The maximum atomic E-state index is 6.28. The predicted octanol–water partition coefficient (Wildman–Crippen LogP) is 5.84. The van der Waals surface area contributed by atoms with Crippen molar-refractivity contribution in [2.45, 2.75) is 22.7 Å². The molecule has 1 saturated heterocycles. The molecule has 1 aliphatic heterocycles. The maximum Gasteiger partial charge on any atom is 0.250 e. The first-order valence-corrected chi connectivity index (χ1v) is 22.1. The summed E-state index contributed by atoms with van der Waals surface area (Å²) in [6.07, 6.45) is 0. The number of rotatable bonds is 0. The third kappa shape index (κ3) is 6.09. The lowest BCUT2D eigenvalue weighted by Crippen LogP contribution is -2.49. The van der Waals surface area contributed by atoms with Crippen LogP contribution in [0.25, 0.3) is 0 Å². The molecule has 96 valence electrons. The van der Waals surface area contributed by atoms with Crippen molar-refractivity contribution < 1.29 is 0 Å². The van der Waals surface area contributed by atoms with Crippen LogP contribution in [0, 0.1) is 0 Å². The Morgan fingerprint density at radius 3 is 0.625 bits per heavy atom. The largest absolute Gasteiger partial charge is 0.250 e. The van der Waals surface area contributed by atoms with Gasteiger partial charge in [0.15, 0.2) is 0 Å². The molecule has 0 bridgehead atoms. The van der Waals surface area contributed by atoms with Crippen LogP contribution in [-0.2, 0) is 0 Å². The van der Waals surface area contributed by atoms with Gasteiger partial charge in [-0.2, -0.15) is 0 Å². The summed E-state index contributed by atoms with van der Waals surface area (Å²) in [4.78, 5) is 0. The molecule has 0 amide bonds.